The Bertz CT molecular complexity index is 632. The monoisotopic (exact) mass is 283 g/mol. The Morgan fingerprint density at radius 3 is 2.95 bits per heavy atom. The van der Waals surface area contributed by atoms with Crippen molar-refractivity contribution < 1.29 is 4.79 Å². The molecule has 1 aliphatic rings. The lowest BCUT2D eigenvalue weighted by molar-refractivity contribution is -0.122. The molecule has 0 saturated carbocycles. The van der Waals surface area contributed by atoms with Gasteiger partial charge in [0.2, 0.25) is 5.91 Å². The minimum atomic E-state index is 0.132. The fourth-order valence-electron chi connectivity index (χ4n) is 2.98. The maximum Gasteiger partial charge on any atom is 0.222 e. The quantitative estimate of drug-likeness (QED) is 0.935. The third-order valence-electron chi connectivity index (χ3n) is 4.22. The Morgan fingerprint density at radius 2 is 2.19 bits per heavy atom. The number of aromatic nitrogens is 2. The normalized spacial score (nSPS) is 17.3. The highest BCUT2D eigenvalue weighted by Crippen LogP contribution is 2.21. The molecule has 1 heterocycles. The van der Waals surface area contributed by atoms with E-state index in [9.17, 15) is 4.79 Å². The Hall–Kier alpha value is -2.10. The third-order valence-corrected chi connectivity index (χ3v) is 4.22. The average molecular weight is 283 g/mol. The fourth-order valence-corrected chi connectivity index (χ4v) is 2.98. The van der Waals surface area contributed by atoms with Crippen molar-refractivity contribution in [1.82, 2.24) is 14.9 Å². The zero-order valence-electron chi connectivity index (χ0n) is 12.4. The van der Waals surface area contributed by atoms with Crippen molar-refractivity contribution in [3.63, 3.8) is 0 Å². The predicted octanol–water partition coefficient (Wildman–Crippen LogP) is 2.26. The summed E-state index contributed by atoms with van der Waals surface area (Å²) >= 11 is 0. The first-order valence-corrected chi connectivity index (χ1v) is 7.56. The van der Waals surface area contributed by atoms with Gasteiger partial charge in [0.1, 0.15) is 5.82 Å². The number of fused-ring (bicyclic) bond motifs is 1. The number of benzene rings is 1. The van der Waals surface area contributed by atoms with Crippen LogP contribution in [0, 0.1) is 6.92 Å². The minimum Gasteiger partial charge on any atom is -0.353 e. The smallest absolute Gasteiger partial charge is 0.222 e. The molecule has 4 heteroatoms. The second-order valence-corrected chi connectivity index (χ2v) is 5.69. The van der Waals surface area contributed by atoms with Gasteiger partial charge in [0, 0.05) is 31.4 Å². The summed E-state index contributed by atoms with van der Waals surface area (Å²) in [6.45, 7) is 2.65. The van der Waals surface area contributed by atoms with Crippen molar-refractivity contribution in [2.24, 2.45) is 0 Å². The van der Waals surface area contributed by atoms with Crippen molar-refractivity contribution in [1.29, 1.82) is 0 Å². The van der Waals surface area contributed by atoms with E-state index in [0.717, 1.165) is 25.1 Å². The van der Waals surface area contributed by atoms with E-state index in [1.165, 1.54) is 11.1 Å². The molecule has 4 nitrogen and oxygen atoms in total. The molecule has 1 aliphatic carbocycles. The maximum atomic E-state index is 12.1. The van der Waals surface area contributed by atoms with Crippen LogP contribution in [0.3, 0.4) is 0 Å². The summed E-state index contributed by atoms with van der Waals surface area (Å²) in [5.74, 6) is 1.09. The average Bonchev–Trinajstić information content (AvgIpc) is 2.90. The molecule has 1 N–H and O–H groups in total. The van der Waals surface area contributed by atoms with Crippen molar-refractivity contribution in [2.45, 2.75) is 45.2 Å². The van der Waals surface area contributed by atoms with Gasteiger partial charge in [0.15, 0.2) is 0 Å². The standard InChI is InChI=1S/C17H21N3O/c1-13-18-9-11-20(13)10-8-17(21)19-16-7-6-14-4-2-3-5-15(14)12-16/h2-5,9,11,16H,6-8,10,12H2,1H3,(H,19,21). The molecule has 0 bridgehead atoms. The van der Waals surface area contributed by atoms with Gasteiger partial charge < -0.3 is 9.88 Å². The fraction of sp³-hybridized carbons (Fsp3) is 0.412. The number of nitrogens with zero attached hydrogens (tertiary/aromatic N) is 2. The highest BCUT2D eigenvalue weighted by molar-refractivity contribution is 5.76. The Balaban J connectivity index is 1.51. The molecule has 0 radical (unpaired) electrons. The summed E-state index contributed by atoms with van der Waals surface area (Å²) in [7, 11) is 0. The highest BCUT2D eigenvalue weighted by atomic mass is 16.1. The first-order valence-electron chi connectivity index (χ1n) is 7.56. The predicted molar refractivity (Wildman–Crippen MR) is 82.0 cm³/mol. The van der Waals surface area contributed by atoms with Crippen molar-refractivity contribution in [3.05, 3.63) is 53.6 Å². The molecule has 0 aliphatic heterocycles. The van der Waals surface area contributed by atoms with Crippen LogP contribution in [0.1, 0.15) is 29.8 Å². The largest absolute Gasteiger partial charge is 0.353 e. The molecule has 1 aromatic heterocycles. The van der Waals surface area contributed by atoms with Crippen LogP contribution >= 0.6 is 0 Å². The lowest BCUT2D eigenvalue weighted by Crippen LogP contribution is -2.39. The molecular weight excluding hydrogens is 262 g/mol. The first-order chi connectivity index (χ1) is 10.2. The van der Waals surface area contributed by atoms with Gasteiger partial charge in [-0.1, -0.05) is 24.3 Å². The van der Waals surface area contributed by atoms with Crippen molar-refractivity contribution >= 4 is 5.91 Å². The minimum absolute atomic E-state index is 0.132. The van der Waals surface area contributed by atoms with E-state index < -0.39 is 0 Å². The van der Waals surface area contributed by atoms with E-state index in [0.29, 0.717) is 13.0 Å². The number of rotatable bonds is 4. The highest BCUT2D eigenvalue weighted by Gasteiger charge is 2.19. The number of hydrogen-bond donors (Lipinski definition) is 1. The van der Waals surface area contributed by atoms with E-state index in [1.807, 2.05) is 17.7 Å². The van der Waals surface area contributed by atoms with E-state index in [-0.39, 0.29) is 11.9 Å². The summed E-state index contributed by atoms with van der Waals surface area (Å²) in [6, 6.07) is 8.80. The van der Waals surface area contributed by atoms with Crippen LogP contribution < -0.4 is 5.32 Å². The summed E-state index contributed by atoms with van der Waals surface area (Å²) in [6.07, 6.45) is 7.24. The molecule has 110 valence electrons. The van der Waals surface area contributed by atoms with Gasteiger partial charge in [-0.2, -0.15) is 0 Å². The first kappa shape index (κ1) is 13.9. The van der Waals surface area contributed by atoms with Crippen LogP contribution in [-0.2, 0) is 24.2 Å². The SMILES string of the molecule is Cc1nccn1CCC(=O)NC1CCc2ccccc2C1. The molecule has 1 amide bonds. The van der Waals surface area contributed by atoms with E-state index in [1.54, 1.807) is 6.20 Å². The molecule has 0 fully saturated rings. The summed E-state index contributed by atoms with van der Waals surface area (Å²) < 4.78 is 2.01. The number of imidazole rings is 1. The van der Waals surface area contributed by atoms with Gasteiger partial charge in [-0.05, 0) is 37.3 Å². The summed E-state index contributed by atoms with van der Waals surface area (Å²) in [5.41, 5.74) is 2.80. The van der Waals surface area contributed by atoms with Crippen LogP contribution in [0.15, 0.2) is 36.7 Å². The van der Waals surface area contributed by atoms with Gasteiger partial charge in [-0.15, -0.1) is 0 Å². The van der Waals surface area contributed by atoms with Gasteiger partial charge in [0.25, 0.3) is 0 Å². The number of carbonyl (C=O) groups excluding carboxylic acids is 1. The lowest BCUT2D eigenvalue weighted by Gasteiger charge is -2.25. The van der Waals surface area contributed by atoms with Gasteiger partial charge >= 0.3 is 0 Å². The van der Waals surface area contributed by atoms with Crippen LogP contribution in [-0.4, -0.2) is 21.5 Å². The lowest BCUT2D eigenvalue weighted by atomic mass is 9.88. The van der Waals surface area contributed by atoms with E-state index in [4.69, 9.17) is 0 Å². The molecule has 2 aromatic rings. The molecular formula is C17H21N3O. The molecule has 3 rings (SSSR count). The van der Waals surface area contributed by atoms with Crippen LogP contribution in [0.2, 0.25) is 0 Å². The zero-order chi connectivity index (χ0) is 14.7. The Labute approximate surface area is 125 Å². The Kier molecular flexibility index (Phi) is 4.04. The number of nitrogens with one attached hydrogen (secondary N) is 1. The van der Waals surface area contributed by atoms with Crippen molar-refractivity contribution in [2.75, 3.05) is 0 Å². The molecule has 21 heavy (non-hydrogen) atoms. The second kappa shape index (κ2) is 6.12. The third kappa shape index (κ3) is 3.32. The van der Waals surface area contributed by atoms with Crippen molar-refractivity contribution in [3.8, 4) is 0 Å². The molecule has 0 spiro atoms. The second-order valence-electron chi connectivity index (χ2n) is 5.69. The molecule has 0 saturated heterocycles. The van der Waals surface area contributed by atoms with E-state index >= 15 is 0 Å². The summed E-state index contributed by atoms with van der Waals surface area (Å²) in [5, 5.41) is 3.17. The molecule has 1 unspecified atom stereocenters. The van der Waals surface area contributed by atoms with Crippen LogP contribution in [0.5, 0.6) is 0 Å². The van der Waals surface area contributed by atoms with Gasteiger partial charge in [0.05, 0.1) is 0 Å². The maximum absolute atomic E-state index is 12.1. The van der Waals surface area contributed by atoms with Gasteiger partial charge in [-0.25, -0.2) is 4.98 Å². The molecule has 1 atom stereocenters. The molecule has 1 aromatic carbocycles. The Morgan fingerprint density at radius 1 is 1.38 bits per heavy atom. The zero-order valence-corrected chi connectivity index (χ0v) is 12.4. The number of amides is 1. The summed E-state index contributed by atoms with van der Waals surface area (Å²) in [4.78, 5) is 16.3. The number of carbonyl (C=O) groups is 1. The van der Waals surface area contributed by atoms with Gasteiger partial charge in [-0.3, -0.25) is 4.79 Å². The topological polar surface area (TPSA) is 46.9 Å². The van der Waals surface area contributed by atoms with Crippen LogP contribution in [0.4, 0.5) is 0 Å². The van der Waals surface area contributed by atoms with Crippen LogP contribution in [0.25, 0.3) is 0 Å². The number of hydrogen-bond acceptors (Lipinski definition) is 2. The van der Waals surface area contributed by atoms with E-state index in [2.05, 4.69) is 34.6 Å². The number of aryl methyl sites for hydroxylation is 3.